The lowest BCUT2D eigenvalue weighted by molar-refractivity contribution is 0.267. The van der Waals surface area contributed by atoms with Crippen LogP contribution in [0.5, 0.6) is 0 Å². The summed E-state index contributed by atoms with van der Waals surface area (Å²) in [6, 6.07) is 16.7. The van der Waals surface area contributed by atoms with E-state index in [1.165, 1.54) is 12.1 Å². The fourth-order valence-electron chi connectivity index (χ4n) is 2.62. The average Bonchev–Trinajstić information content (AvgIpc) is 3.04. The maximum absolute atomic E-state index is 13.0. The van der Waals surface area contributed by atoms with Crippen LogP contribution >= 0.6 is 11.8 Å². The highest BCUT2D eigenvalue weighted by Crippen LogP contribution is 2.29. The number of imidazole rings is 1. The number of nitrogens with zero attached hydrogens (tertiary/aromatic N) is 2. The first-order chi connectivity index (χ1) is 11.7. The molecule has 1 atom stereocenters. The van der Waals surface area contributed by atoms with Crippen LogP contribution in [0.1, 0.15) is 29.8 Å². The van der Waals surface area contributed by atoms with Gasteiger partial charge >= 0.3 is 0 Å². The van der Waals surface area contributed by atoms with Gasteiger partial charge in [0.2, 0.25) is 0 Å². The van der Waals surface area contributed by atoms with Crippen LogP contribution in [0.4, 0.5) is 4.39 Å². The number of benzene rings is 2. The van der Waals surface area contributed by atoms with E-state index in [0.717, 1.165) is 22.0 Å². The van der Waals surface area contributed by atoms with Crippen molar-refractivity contribution in [2.45, 2.75) is 30.5 Å². The summed E-state index contributed by atoms with van der Waals surface area (Å²) in [7, 11) is 0. The predicted molar refractivity (Wildman–Crippen MR) is 94.4 cm³/mol. The van der Waals surface area contributed by atoms with Gasteiger partial charge < -0.3 is 9.67 Å². The van der Waals surface area contributed by atoms with Crippen LogP contribution in [0, 0.1) is 5.82 Å². The molecule has 3 aromatic rings. The first-order valence-electron chi connectivity index (χ1n) is 7.78. The van der Waals surface area contributed by atoms with Crippen molar-refractivity contribution in [3.05, 3.63) is 83.4 Å². The number of aliphatic hydroxyl groups is 1. The van der Waals surface area contributed by atoms with Crippen LogP contribution in [0.25, 0.3) is 0 Å². The van der Waals surface area contributed by atoms with Gasteiger partial charge in [-0.3, -0.25) is 0 Å². The third-order valence-corrected chi connectivity index (χ3v) is 4.99. The van der Waals surface area contributed by atoms with Crippen LogP contribution in [0.15, 0.2) is 66.0 Å². The predicted octanol–water partition coefficient (Wildman–Crippen LogP) is 4.42. The molecule has 124 valence electrons. The van der Waals surface area contributed by atoms with Crippen LogP contribution in [-0.2, 0) is 12.4 Å². The minimum absolute atomic E-state index is 0.0543. The molecular formula is C19H19FN2OS. The van der Waals surface area contributed by atoms with Gasteiger partial charge in [0.15, 0.2) is 5.16 Å². The van der Waals surface area contributed by atoms with Crippen LogP contribution in [0.2, 0.25) is 0 Å². The Kier molecular flexibility index (Phi) is 5.33. The van der Waals surface area contributed by atoms with E-state index >= 15 is 0 Å². The van der Waals surface area contributed by atoms with Crippen molar-refractivity contribution in [2.75, 3.05) is 0 Å². The van der Waals surface area contributed by atoms with Crippen molar-refractivity contribution >= 4 is 11.8 Å². The molecule has 0 aliphatic rings. The number of aliphatic hydroxyl groups excluding tert-OH is 1. The Morgan fingerprint density at radius 3 is 2.50 bits per heavy atom. The van der Waals surface area contributed by atoms with Crippen LogP contribution in [-0.4, -0.2) is 14.7 Å². The molecule has 0 amide bonds. The molecule has 3 nitrogen and oxygen atoms in total. The maximum Gasteiger partial charge on any atom is 0.169 e. The second kappa shape index (κ2) is 7.64. The van der Waals surface area contributed by atoms with E-state index in [1.807, 2.05) is 18.2 Å². The monoisotopic (exact) mass is 342 g/mol. The Morgan fingerprint density at radius 1 is 1.12 bits per heavy atom. The molecule has 0 aliphatic carbocycles. The zero-order valence-corrected chi connectivity index (χ0v) is 14.2. The van der Waals surface area contributed by atoms with Crippen LogP contribution in [0.3, 0.4) is 0 Å². The summed E-state index contributed by atoms with van der Waals surface area (Å²) < 4.78 is 15.1. The summed E-state index contributed by atoms with van der Waals surface area (Å²) in [5.41, 5.74) is 2.98. The van der Waals surface area contributed by atoms with Gasteiger partial charge in [0.1, 0.15) is 5.82 Å². The number of aromatic nitrogens is 2. The molecular weight excluding hydrogens is 323 g/mol. The second-order valence-corrected chi connectivity index (χ2v) is 6.50. The lowest BCUT2D eigenvalue weighted by Gasteiger charge is -2.19. The quantitative estimate of drug-likeness (QED) is 0.674. The van der Waals surface area contributed by atoms with Gasteiger partial charge in [0.05, 0.1) is 24.5 Å². The molecule has 1 N–H and O–H groups in total. The molecule has 3 rings (SSSR count). The molecule has 1 heterocycles. The summed E-state index contributed by atoms with van der Waals surface area (Å²) >= 11 is 1.58. The van der Waals surface area contributed by atoms with Gasteiger partial charge in [-0.25, -0.2) is 9.37 Å². The van der Waals surface area contributed by atoms with E-state index in [4.69, 9.17) is 0 Å². The fraction of sp³-hybridized carbons (Fsp3) is 0.211. The molecule has 0 bridgehead atoms. The van der Waals surface area contributed by atoms with Crippen molar-refractivity contribution < 1.29 is 9.50 Å². The summed E-state index contributed by atoms with van der Waals surface area (Å²) in [5, 5.41) is 10.5. The van der Waals surface area contributed by atoms with Crippen LogP contribution < -0.4 is 0 Å². The first kappa shape index (κ1) is 16.7. The first-order valence-corrected chi connectivity index (χ1v) is 8.76. The minimum Gasteiger partial charge on any atom is -0.390 e. The van der Waals surface area contributed by atoms with Crippen molar-refractivity contribution in [3.63, 3.8) is 0 Å². The lowest BCUT2D eigenvalue weighted by Crippen LogP contribution is -2.11. The van der Waals surface area contributed by atoms with Crippen molar-refractivity contribution in [2.24, 2.45) is 0 Å². The normalized spacial score (nSPS) is 12.3. The number of hydrogen-bond acceptors (Lipinski definition) is 3. The molecule has 0 saturated heterocycles. The van der Waals surface area contributed by atoms with Gasteiger partial charge in [-0.1, -0.05) is 54.2 Å². The molecule has 0 fully saturated rings. The number of halogens is 1. The molecule has 0 aliphatic heterocycles. The van der Waals surface area contributed by atoms with Crippen molar-refractivity contribution in [1.82, 2.24) is 9.55 Å². The van der Waals surface area contributed by atoms with E-state index < -0.39 is 0 Å². The Bertz CT molecular complexity index is 787. The Labute approximate surface area is 145 Å². The maximum atomic E-state index is 13.0. The fourth-order valence-corrected chi connectivity index (χ4v) is 3.65. The lowest BCUT2D eigenvalue weighted by atomic mass is 10.1. The van der Waals surface area contributed by atoms with E-state index in [0.29, 0.717) is 5.75 Å². The number of hydrogen-bond donors (Lipinski definition) is 1. The zero-order chi connectivity index (χ0) is 16.9. The van der Waals surface area contributed by atoms with E-state index in [-0.39, 0.29) is 18.5 Å². The molecule has 0 saturated carbocycles. The molecule has 0 spiro atoms. The molecule has 24 heavy (non-hydrogen) atoms. The van der Waals surface area contributed by atoms with Crippen molar-refractivity contribution in [3.8, 4) is 0 Å². The molecule has 0 unspecified atom stereocenters. The number of rotatable bonds is 6. The smallest absolute Gasteiger partial charge is 0.169 e. The van der Waals surface area contributed by atoms with Gasteiger partial charge in [-0.2, -0.15) is 0 Å². The van der Waals surface area contributed by atoms with Gasteiger partial charge in [0, 0.05) is 5.75 Å². The van der Waals surface area contributed by atoms with E-state index in [9.17, 15) is 9.50 Å². The average molecular weight is 342 g/mol. The summed E-state index contributed by atoms with van der Waals surface area (Å²) in [6.45, 7) is 2.04. The zero-order valence-electron chi connectivity index (χ0n) is 13.4. The molecule has 2 aromatic carbocycles. The summed E-state index contributed by atoms with van der Waals surface area (Å²) in [5.74, 6) is 0.467. The second-order valence-electron chi connectivity index (χ2n) is 5.56. The highest BCUT2D eigenvalue weighted by molar-refractivity contribution is 7.98. The highest BCUT2D eigenvalue weighted by Gasteiger charge is 2.17. The minimum atomic E-state index is -0.231. The molecule has 5 heteroatoms. The Hall–Kier alpha value is -2.11. The SMILES string of the molecule is C[C@H](c1ccccc1)n1c(CO)cnc1SCc1ccc(F)cc1. The van der Waals surface area contributed by atoms with Gasteiger partial charge in [0.25, 0.3) is 0 Å². The van der Waals surface area contributed by atoms with Crippen molar-refractivity contribution in [1.29, 1.82) is 0 Å². The Balaban J connectivity index is 1.83. The van der Waals surface area contributed by atoms with E-state index in [1.54, 1.807) is 30.1 Å². The topological polar surface area (TPSA) is 38.0 Å². The summed E-state index contributed by atoms with van der Waals surface area (Å²) in [4.78, 5) is 4.46. The standard InChI is InChI=1S/C19H19FN2OS/c1-14(16-5-3-2-4-6-16)22-18(12-23)11-21-19(22)24-13-15-7-9-17(20)10-8-15/h2-11,14,23H,12-13H2,1H3/t14-/m1/s1. The third-order valence-electron chi connectivity index (χ3n) is 3.95. The van der Waals surface area contributed by atoms with E-state index in [2.05, 4.69) is 28.6 Å². The van der Waals surface area contributed by atoms with Gasteiger partial charge in [-0.05, 0) is 30.2 Å². The summed E-state index contributed by atoms with van der Waals surface area (Å²) in [6.07, 6.45) is 1.71. The molecule has 1 aromatic heterocycles. The number of thioether (sulfide) groups is 1. The van der Waals surface area contributed by atoms with Gasteiger partial charge in [-0.15, -0.1) is 0 Å². The largest absolute Gasteiger partial charge is 0.390 e. The third kappa shape index (κ3) is 3.68. The highest BCUT2D eigenvalue weighted by atomic mass is 32.2. The molecule has 0 radical (unpaired) electrons. The Morgan fingerprint density at radius 2 is 1.83 bits per heavy atom.